The Balaban J connectivity index is 1.90. The van der Waals surface area contributed by atoms with Gasteiger partial charge in [-0.1, -0.05) is 30.3 Å². The van der Waals surface area contributed by atoms with Gasteiger partial charge in [-0.05, 0) is 29.7 Å². The lowest BCUT2D eigenvalue weighted by atomic mass is 9.75. The second-order valence-electron chi connectivity index (χ2n) is 6.68. The van der Waals surface area contributed by atoms with Crippen LogP contribution in [0.25, 0.3) is 10.8 Å². The molecule has 0 spiro atoms. The fraction of sp³-hybridized carbons (Fsp3) is 0.200. The van der Waals surface area contributed by atoms with Gasteiger partial charge in [0, 0.05) is 50.4 Å². The standard InChI is InChI=1S/C20H21BN2O2/c1-22(2)16-9-7-8-14-15(12-13-17(20(14)16)23(3)4)21-24-18-10-5-6-11-19(18)25-21/h5-13H,1-4H3. The number of para-hydroxylation sites is 2. The number of hydrogen-bond acceptors (Lipinski definition) is 4. The average molecular weight is 332 g/mol. The molecule has 3 aromatic carbocycles. The van der Waals surface area contributed by atoms with Gasteiger partial charge in [0.05, 0.1) is 0 Å². The molecular formula is C20H21BN2O2. The summed E-state index contributed by atoms with van der Waals surface area (Å²) in [5.41, 5.74) is 3.40. The van der Waals surface area contributed by atoms with E-state index >= 15 is 0 Å². The van der Waals surface area contributed by atoms with E-state index in [4.69, 9.17) is 9.31 Å². The van der Waals surface area contributed by atoms with E-state index in [1.165, 1.54) is 16.8 Å². The van der Waals surface area contributed by atoms with Crippen molar-refractivity contribution in [1.29, 1.82) is 0 Å². The summed E-state index contributed by atoms with van der Waals surface area (Å²) in [4.78, 5) is 4.29. The first kappa shape index (κ1) is 15.7. The van der Waals surface area contributed by atoms with Crippen LogP contribution in [0.15, 0.2) is 54.6 Å². The van der Waals surface area contributed by atoms with Crippen LogP contribution in [0.5, 0.6) is 11.5 Å². The van der Waals surface area contributed by atoms with Crippen LogP contribution < -0.4 is 24.6 Å². The monoisotopic (exact) mass is 332 g/mol. The molecule has 1 aliphatic rings. The smallest absolute Gasteiger partial charge is 0.519 e. The molecule has 5 heteroatoms. The van der Waals surface area contributed by atoms with Crippen molar-refractivity contribution >= 4 is 34.7 Å². The minimum absolute atomic E-state index is 0.423. The maximum Gasteiger partial charge on any atom is 0.633 e. The van der Waals surface area contributed by atoms with Gasteiger partial charge >= 0.3 is 7.12 Å². The SMILES string of the molecule is CN(C)c1cccc2c(B3Oc4ccccc4O3)ccc(N(C)C)c12. The van der Waals surface area contributed by atoms with Gasteiger partial charge in [0.15, 0.2) is 0 Å². The summed E-state index contributed by atoms with van der Waals surface area (Å²) in [7, 11) is 7.85. The molecule has 0 aromatic heterocycles. The molecule has 0 amide bonds. The third-order valence-electron chi connectivity index (χ3n) is 4.57. The molecule has 25 heavy (non-hydrogen) atoms. The minimum Gasteiger partial charge on any atom is -0.519 e. The summed E-state index contributed by atoms with van der Waals surface area (Å²) in [6.07, 6.45) is 0. The highest BCUT2D eigenvalue weighted by Gasteiger charge is 2.35. The molecule has 3 aromatic rings. The molecule has 1 aliphatic heterocycles. The number of nitrogens with zero attached hydrogens (tertiary/aromatic N) is 2. The van der Waals surface area contributed by atoms with Crippen LogP contribution >= 0.6 is 0 Å². The molecular weight excluding hydrogens is 311 g/mol. The number of anilines is 2. The summed E-state index contributed by atoms with van der Waals surface area (Å²) in [5.74, 6) is 1.59. The van der Waals surface area contributed by atoms with Gasteiger partial charge < -0.3 is 19.1 Å². The Morgan fingerprint density at radius 2 is 1.28 bits per heavy atom. The van der Waals surface area contributed by atoms with Crippen LogP contribution in [0.4, 0.5) is 11.4 Å². The van der Waals surface area contributed by atoms with Crippen molar-refractivity contribution in [2.45, 2.75) is 0 Å². The van der Waals surface area contributed by atoms with E-state index in [9.17, 15) is 0 Å². The molecule has 0 N–H and O–H groups in total. The van der Waals surface area contributed by atoms with Crippen LogP contribution in [0, 0.1) is 0 Å². The fourth-order valence-electron chi connectivity index (χ4n) is 3.37. The van der Waals surface area contributed by atoms with Crippen molar-refractivity contribution in [2.24, 2.45) is 0 Å². The van der Waals surface area contributed by atoms with Crippen molar-refractivity contribution in [3.63, 3.8) is 0 Å². The Hall–Kier alpha value is -2.82. The van der Waals surface area contributed by atoms with Crippen molar-refractivity contribution < 1.29 is 9.31 Å². The molecule has 0 bridgehead atoms. The maximum absolute atomic E-state index is 6.05. The van der Waals surface area contributed by atoms with Gasteiger partial charge in [0.25, 0.3) is 0 Å². The molecule has 0 fully saturated rings. The summed E-state index contributed by atoms with van der Waals surface area (Å²) in [5, 5.41) is 2.35. The summed E-state index contributed by atoms with van der Waals surface area (Å²) < 4.78 is 12.1. The predicted octanol–water partition coefficient (Wildman–Crippen LogP) is 3.14. The number of rotatable bonds is 3. The van der Waals surface area contributed by atoms with Crippen molar-refractivity contribution in [1.82, 2.24) is 0 Å². The molecule has 1 heterocycles. The van der Waals surface area contributed by atoms with Gasteiger partial charge in [-0.3, -0.25) is 0 Å². The number of hydrogen-bond donors (Lipinski definition) is 0. The molecule has 4 rings (SSSR count). The van der Waals surface area contributed by atoms with E-state index in [0.717, 1.165) is 22.3 Å². The van der Waals surface area contributed by atoms with Crippen LogP contribution in [0.1, 0.15) is 0 Å². The fourth-order valence-corrected chi connectivity index (χ4v) is 3.37. The minimum atomic E-state index is -0.423. The van der Waals surface area contributed by atoms with E-state index in [1.54, 1.807) is 0 Å². The quantitative estimate of drug-likeness (QED) is 0.688. The molecule has 0 saturated carbocycles. The van der Waals surface area contributed by atoms with E-state index in [2.05, 4.69) is 68.3 Å². The Labute approximate surface area is 148 Å². The van der Waals surface area contributed by atoms with Crippen molar-refractivity contribution in [3.05, 3.63) is 54.6 Å². The van der Waals surface area contributed by atoms with Crippen molar-refractivity contribution in [2.75, 3.05) is 38.0 Å². The largest absolute Gasteiger partial charge is 0.633 e. The average Bonchev–Trinajstić information content (AvgIpc) is 3.03. The Morgan fingerprint density at radius 3 is 1.88 bits per heavy atom. The van der Waals surface area contributed by atoms with Crippen LogP contribution in [0.2, 0.25) is 0 Å². The summed E-state index contributed by atoms with van der Waals surface area (Å²) >= 11 is 0. The Bertz CT molecular complexity index is 901. The van der Waals surface area contributed by atoms with E-state index in [0.29, 0.717) is 0 Å². The van der Waals surface area contributed by atoms with Gasteiger partial charge in [0.2, 0.25) is 0 Å². The molecule has 0 radical (unpaired) electrons. The van der Waals surface area contributed by atoms with E-state index in [1.807, 2.05) is 24.3 Å². The molecule has 4 nitrogen and oxygen atoms in total. The zero-order chi connectivity index (χ0) is 17.6. The van der Waals surface area contributed by atoms with Crippen LogP contribution in [-0.2, 0) is 0 Å². The van der Waals surface area contributed by atoms with Crippen LogP contribution in [0.3, 0.4) is 0 Å². The summed E-state index contributed by atoms with van der Waals surface area (Å²) in [6, 6.07) is 18.4. The third kappa shape index (κ3) is 2.56. The molecule has 0 unspecified atom stereocenters. The Kier molecular flexibility index (Phi) is 3.72. The second kappa shape index (κ2) is 5.92. The first-order chi connectivity index (χ1) is 12.1. The first-order valence-electron chi connectivity index (χ1n) is 8.39. The maximum atomic E-state index is 6.05. The zero-order valence-corrected chi connectivity index (χ0v) is 15.0. The lowest BCUT2D eigenvalue weighted by Crippen LogP contribution is -2.39. The third-order valence-corrected chi connectivity index (χ3v) is 4.57. The predicted molar refractivity (Wildman–Crippen MR) is 106 cm³/mol. The van der Waals surface area contributed by atoms with Gasteiger partial charge in [-0.2, -0.15) is 0 Å². The highest BCUT2D eigenvalue weighted by molar-refractivity contribution is 6.66. The van der Waals surface area contributed by atoms with Gasteiger partial charge in [-0.15, -0.1) is 0 Å². The van der Waals surface area contributed by atoms with E-state index < -0.39 is 7.12 Å². The lowest BCUT2D eigenvalue weighted by molar-refractivity contribution is 0.519. The van der Waals surface area contributed by atoms with Crippen LogP contribution in [-0.4, -0.2) is 35.3 Å². The van der Waals surface area contributed by atoms with E-state index in [-0.39, 0.29) is 0 Å². The number of benzene rings is 3. The molecule has 0 atom stereocenters. The first-order valence-corrected chi connectivity index (χ1v) is 8.39. The summed E-state index contributed by atoms with van der Waals surface area (Å²) in [6.45, 7) is 0. The lowest BCUT2D eigenvalue weighted by Gasteiger charge is -2.23. The van der Waals surface area contributed by atoms with Crippen molar-refractivity contribution in [3.8, 4) is 11.5 Å². The highest BCUT2D eigenvalue weighted by atomic mass is 16.6. The topological polar surface area (TPSA) is 24.9 Å². The molecule has 0 aliphatic carbocycles. The highest BCUT2D eigenvalue weighted by Crippen LogP contribution is 2.36. The Morgan fingerprint density at radius 1 is 0.680 bits per heavy atom. The second-order valence-corrected chi connectivity index (χ2v) is 6.68. The molecule has 126 valence electrons. The van der Waals surface area contributed by atoms with Gasteiger partial charge in [-0.25, -0.2) is 0 Å². The normalized spacial score (nSPS) is 12.6. The van der Waals surface area contributed by atoms with Gasteiger partial charge in [0.1, 0.15) is 11.5 Å². The molecule has 0 saturated heterocycles. The zero-order valence-electron chi connectivity index (χ0n) is 15.0. The number of fused-ring (bicyclic) bond motifs is 2.